The van der Waals surface area contributed by atoms with E-state index in [4.69, 9.17) is 4.18 Å². The molecule has 5 heteroatoms. The first-order valence-electron chi connectivity index (χ1n) is 16.6. The Labute approximate surface area is 267 Å². The summed E-state index contributed by atoms with van der Waals surface area (Å²) in [5.74, 6) is 0. The molecule has 0 saturated heterocycles. The molecule has 0 N–H and O–H groups in total. The number of hydrogen-bond donors (Lipinski definition) is 0. The van der Waals surface area contributed by atoms with Crippen molar-refractivity contribution in [2.75, 3.05) is 6.61 Å². The smallest absolute Gasteiger partial charge is 1.00 e. The van der Waals surface area contributed by atoms with Gasteiger partial charge < -0.3 is 1.43 Å². The molecular weight excluding hydrogens is 511 g/mol. The van der Waals surface area contributed by atoms with Crippen LogP contribution >= 0.6 is 0 Å². The minimum absolute atomic E-state index is 0. The molecule has 0 aliphatic carbocycles. The normalized spacial score (nSPS) is 11.5. The van der Waals surface area contributed by atoms with Gasteiger partial charge in [0.05, 0.1) is 11.5 Å². The standard InChI is InChI=1S/C34H62O3S.Na.H/c1-2-3-4-5-6-7-8-9-10-11-12-13-14-15-16-17-18-19-20-21-22-23-24-25-26-30-33-37-38(35,36)34-31-28-27-29-32-34;;/h27-29,31-32H,2-26,30,33H2,1H3;;/q;+1;-1. The molecule has 0 unspecified atom stereocenters. The average molecular weight is 575 g/mol. The van der Waals surface area contributed by atoms with Crippen LogP contribution in [0.5, 0.6) is 0 Å². The molecule has 0 spiro atoms. The zero-order valence-electron chi connectivity index (χ0n) is 27.1. The third-order valence-electron chi connectivity index (χ3n) is 7.77. The molecule has 0 atom stereocenters. The minimum atomic E-state index is -3.59. The number of unbranched alkanes of at least 4 members (excludes halogenated alkanes) is 25. The van der Waals surface area contributed by atoms with Gasteiger partial charge in [0, 0.05) is 0 Å². The maximum Gasteiger partial charge on any atom is 1.00 e. The van der Waals surface area contributed by atoms with Crippen LogP contribution in [-0.2, 0) is 14.3 Å². The summed E-state index contributed by atoms with van der Waals surface area (Å²) in [7, 11) is -3.59. The number of hydrogen-bond acceptors (Lipinski definition) is 3. The van der Waals surface area contributed by atoms with Crippen molar-refractivity contribution in [2.24, 2.45) is 0 Å². The van der Waals surface area contributed by atoms with Crippen molar-refractivity contribution in [1.82, 2.24) is 0 Å². The van der Waals surface area contributed by atoms with Crippen molar-refractivity contribution in [3.05, 3.63) is 30.3 Å². The van der Waals surface area contributed by atoms with E-state index in [1.807, 2.05) is 0 Å². The van der Waals surface area contributed by atoms with Crippen molar-refractivity contribution in [1.29, 1.82) is 0 Å². The molecule has 0 radical (unpaired) electrons. The zero-order chi connectivity index (χ0) is 27.4. The van der Waals surface area contributed by atoms with Gasteiger partial charge in [-0.2, -0.15) is 8.42 Å². The quantitative estimate of drug-likeness (QED) is 0.0546. The third-order valence-corrected chi connectivity index (χ3v) is 9.09. The van der Waals surface area contributed by atoms with Gasteiger partial charge in [-0.05, 0) is 18.6 Å². The summed E-state index contributed by atoms with van der Waals surface area (Å²) in [6.45, 7) is 2.58. The molecule has 0 bridgehead atoms. The van der Waals surface area contributed by atoms with Crippen LogP contribution in [0, 0.1) is 0 Å². The Balaban J connectivity index is 0. The molecule has 1 rings (SSSR count). The van der Waals surface area contributed by atoms with Crippen molar-refractivity contribution < 1.29 is 43.6 Å². The van der Waals surface area contributed by atoms with Gasteiger partial charge in [-0.25, -0.2) is 0 Å². The summed E-state index contributed by atoms with van der Waals surface area (Å²) in [6.07, 6.45) is 35.7. The Hall–Kier alpha value is 0.130. The van der Waals surface area contributed by atoms with Crippen LogP contribution in [0.2, 0.25) is 0 Å². The van der Waals surface area contributed by atoms with Gasteiger partial charge in [-0.15, -0.1) is 0 Å². The first-order valence-corrected chi connectivity index (χ1v) is 18.0. The number of rotatable bonds is 29. The van der Waals surface area contributed by atoms with Crippen molar-refractivity contribution in [3.8, 4) is 0 Å². The molecule has 39 heavy (non-hydrogen) atoms. The minimum Gasteiger partial charge on any atom is -1.00 e. The second kappa shape index (κ2) is 29.6. The monoisotopic (exact) mass is 574 g/mol. The van der Waals surface area contributed by atoms with E-state index in [9.17, 15) is 8.42 Å². The molecule has 0 fully saturated rings. The Kier molecular flexibility index (Phi) is 29.7. The summed E-state index contributed by atoms with van der Waals surface area (Å²) in [6, 6.07) is 8.41. The van der Waals surface area contributed by atoms with Crippen LogP contribution in [0.3, 0.4) is 0 Å². The maximum absolute atomic E-state index is 12.1. The van der Waals surface area contributed by atoms with Gasteiger partial charge in [-0.1, -0.05) is 186 Å². The molecule has 0 aliphatic rings. The molecule has 3 nitrogen and oxygen atoms in total. The van der Waals surface area contributed by atoms with Crippen LogP contribution in [0.4, 0.5) is 0 Å². The molecule has 1 aromatic rings. The molecule has 224 valence electrons. The van der Waals surface area contributed by atoms with E-state index >= 15 is 0 Å². The zero-order valence-corrected chi connectivity index (χ0v) is 28.9. The van der Waals surface area contributed by atoms with E-state index in [1.54, 1.807) is 30.3 Å². The van der Waals surface area contributed by atoms with Crippen LogP contribution in [0.15, 0.2) is 35.2 Å². The predicted molar refractivity (Wildman–Crippen MR) is 166 cm³/mol. The maximum atomic E-state index is 12.1. The Morgan fingerprint density at radius 1 is 0.487 bits per heavy atom. The molecule has 0 amide bonds. The van der Waals surface area contributed by atoms with Gasteiger partial charge in [0.1, 0.15) is 0 Å². The summed E-state index contributed by atoms with van der Waals surface area (Å²) < 4.78 is 29.2. The molecule has 0 aromatic heterocycles. The summed E-state index contributed by atoms with van der Waals surface area (Å²) in [5.41, 5.74) is 0. The fourth-order valence-corrected chi connectivity index (χ4v) is 6.21. The van der Waals surface area contributed by atoms with Gasteiger partial charge in [0.15, 0.2) is 0 Å². The van der Waals surface area contributed by atoms with Crippen molar-refractivity contribution in [2.45, 2.75) is 179 Å². The predicted octanol–water partition coefficient (Wildman–Crippen LogP) is 8.67. The van der Waals surface area contributed by atoms with E-state index in [1.165, 1.54) is 154 Å². The van der Waals surface area contributed by atoms with E-state index in [2.05, 4.69) is 6.92 Å². The van der Waals surface area contributed by atoms with Gasteiger partial charge >= 0.3 is 29.6 Å². The van der Waals surface area contributed by atoms with Crippen molar-refractivity contribution in [3.63, 3.8) is 0 Å². The third kappa shape index (κ3) is 25.6. The van der Waals surface area contributed by atoms with E-state index < -0.39 is 10.1 Å². The molecule has 0 heterocycles. The van der Waals surface area contributed by atoms with Gasteiger partial charge in [0.2, 0.25) is 0 Å². The van der Waals surface area contributed by atoms with Crippen LogP contribution in [0.25, 0.3) is 0 Å². The fourth-order valence-electron chi connectivity index (χ4n) is 5.24. The molecular formula is C34H63NaO3S. The Morgan fingerprint density at radius 2 is 0.769 bits per heavy atom. The Bertz CT molecular complexity index is 715. The SMILES string of the molecule is CCCCCCCCCCCCCCCCCCCCCCCCCCCCOS(=O)(=O)c1ccccc1.[H-].[Na+]. The van der Waals surface area contributed by atoms with Gasteiger partial charge in [0.25, 0.3) is 10.1 Å². The second-order valence-electron chi connectivity index (χ2n) is 11.4. The van der Waals surface area contributed by atoms with E-state index in [0.29, 0.717) is 0 Å². The summed E-state index contributed by atoms with van der Waals surface area (Å²) in [5, 5.41) is 0. The van der Waals surface area contributed by atoms with E-state index in [-0.39, 0.29) is 42.5 Å². The molecule has 0 saturated carbocycles. The molecule has 0 aliphatic heterocycles. The topological polar surface area (TPSA) is 43.4 Å². The summed E-state index contributed by atoms with van der Waals surface area (Å²) >= 11 is 0. The summed E-state index contributed by atoms with van der Waals surface area (Å²) in [4.78, 5) is 0.245. The molecule has 1 aromatic carbocycles. The van der Waals surface area contributed by atoms with Crippen molar-refractivity contribution >= 4 is 10.1 Å². The van der Waals surface area contributed by atoms with Crippen LogP contribution < -0.4 is 29.6 Å². The van der Waals surface area contributed by atoms with Crippen LogP contribution in [-0.4, -0.2) is 15.0 Å². The van der Waals surface area contributed by atoms with Crippen LogP contribution in [0.1, 0.15) is 175 Å². The largest absolute Gasteiger partial charge is 1.00 e. The number of benzene rings is 1. The average Bonchev–Trinajstić information content (AvgIpc) is 2.93. The first-order chi connectivity index (χ1) is 18.7. The Morgan fingerprint density at radius 3 is 1.08 bits per heavy atom. The fraction of sp³-hybridized carbons (Fsp3) is 0.824. The van der Waals surface area contributed by atoms with E-state index in [0.717, 1.165) is 12.8 Å². The second-order valence-corrected chi connectivity index (χ2v) is 13.0. The first kappa shape index (κ1) is 39.1. The van der Waals surface area contributed by atoms with Gasteiger partial charge in [-0.3, -0.25) is 4.18 Å².